The molecule has 0 radical (unpaired) electrons. The van der Waals surface area contributed by atoms with Gasteiger partial charge in [0.05, 0.1) is 0 Å². The molecule has 1 saturated heterocycles. The summed E-state index contributed by atoms with van der Waals surface area (Å²) in [5, 5.41) is 3.24. The van der Waals surface area contributed by atoms with Crippen LogP contribution in [0.1, 0.15) is 24.9 Å². The molecule has 0 amide bonds. The molecule has 2 nitrogen and oxygen atoms in total. The topological polar surface area (TPSA) is 15.3 Å². The first kappa shape index (κ1) is 14.3. The molecule has 106 valence electrons. The summed E-state index contributed by atoms with van der Waals surface area (Å²) in [6, 6.07) is 1.44. The zero-order chi connectivity index (χ0) is 14.0. The Morgan fingerprint density at radius 2 is 1.89 bits per heavy atom. The van der Waals surface area contributed by atoms with Crippen LogP contribution in [0.5, 0.6) is 0 Å². The molecule has 1 aliphatic rings. The molecule has 2 unspecified atom stereocenters. The van der Waals surface area contributed by atoms with E-state index in [1.165, 1.54) is 0 Å². The van der Waals surface area contributed by atoms with Crippen LogP contribution < -0.4 is 5.32 Å². The van der Waals surface area contributed by atoms with Crippen LogP contribution in [0, 0.1) is 23.4 Å². The maximum Gasteiger partial charge on any atom is 0.161 e. The average molecular weight is 272 g/mol. The standard InChI is InChI=1S/C14H19F3N2/c1-3-18-8-9-4-5-19(2)14(9)10-6-12(16)13(17)7-11(10)15/h6-7,9,14,18H,3-5,8H2,1-2H3. The molecular formula is C14H19F3N2. The summed E-state index contributed by atoms with van der Waals surface area (Å²) < 4.78 is 40.2. The van der Waals surface area contributed by atoms with E-state index in [-0.39, 0.29) is 17.5 Å². The summed E-state index contributed by atoms with van der Waals surface area (Å²) >= 11 is 0. The Morgan fingerprint density at radius 3 is 2.58 bits per heavy atom. The zero-order valence-corrected chi connectivity index (χ0v) is 11.2. The fourth-order valence-corrected chi connectivity index (χ4v) is 2.83. The van der Waals surface area contributed by atoms with Crippen molar-refractivity contribution in [1.29, 1.82) is 0 Å². The molecule has 2 atom stereocenters. The van der Waals surface area contributed by atoms with Gasteiger partial charge in [0.1, 0.15) is 5.82 Å². The Balaban J connectivity index is 2.29. The predicted octanol–water partition coefficient (Wildman–Crippen LogP) is 2.71. The van der Waals surface area contributed by atoms with Gasteiger partial charge >= 0.3 is 0 Å². The van der Waals surface area contributed by atoms with Gasteiger partial charge in [-0.2, -0.15) is 0 Å². The lowest BCUT2D eigenvalue weighted by Gasteiger charge is -2.26. The monoisotopic (exact) mass is 272 g/mol. The van der Waals surface area contributed by atoms with E-state index in [2.05, 4.69) is 5.32 Å². The molecule has 1 aromatic carbocycles. The molecule has 5 heteroatoms. The van der Waals surface area contributed by atoms with E-state index >= 15 is 0 Å². The molecule has 1 aliphatic heterocycles. The third kappa shape index (κ3) is 2.92. The van der Waals surface area contributed by atoms with Crippen molar-refractivity contribution in [3.63, 3.8) is 0 Å². The van der Waals surface area contributed by atoms with E-state index in [1.807, 2.05) is 18.9 Å². The highest BCUT2D eigenvalue weighted by Crippen LogP contribution is 2.37. The van der Waals surface area contributed by atoms with E-state index in [0.717, 1.165) is 32.1 Å². The first-order valence-corrected chi connectivity index (χ1v) is 6.60. The van der Waals surface area contributed by atoms with Crippen LogP contribution >= 0.6 is 0 Å². The van der Waals surface area contributed by atoms with Crippen LogP contribution in [-0.2, 0) is 0 Å². The van der Waals surface area contributed by atoms with Crippen molar-refractivity contribution in [1.82, 2.24) is 10.2 Å². The van der Waals surface area contributed by atoms with E-state index in [9.17, 15) is 13.2 Å². The summed E-state index contributed by atoms with van der Waals surface area (Å²) in [6.45, 7) is 4.43. The molecule has 1 heterocycles. The van der Waals surface area contributed by atoms with Gasteiger partial charge in [-0.05, 0) is 45.1 Å². The molecule has 1 N–H and O–H groups in total. The van der Waals surface area contributed by atoms with Crippen molar-refractivity contribution in [2.24, 2.45) is 5.92 Å². The largest absolute Gasteiger partial charge is 0.317 e. The van der Waals surface area contributed by atoms with Gasteiger partial charge in [-0.15, -0.1) is 0 Å². The lowest BCUT2D eigenvalue weighted by Crippen LogP contribution is -2.29. The number of hydrogen-bond donors (Lipinski definition) is 1. The normalized spacial score (nSPS) is 24.1. The quantitative estimate of drug-likeness (QED) is 0.848. The Morgan fingerprint density at radius 1 is 1.21 bits per heavy atom. The molecule has 0 aliphatic carbocycles. The van der Waals surface area contributed by atoms with Gasteiger partial charge in [0, 0.05) is 17.7 Å². The Hall–Kier alpha value is -1.07. The molecule has 0 bridgehead atoms. The summed E-state index contributed by atoms with van der Waals surface area (Å²) in [4.78, 5) is 2.00. The summed E-state index contributed by atoms with van der Waals surface area (Å²) in [5.74, 6) is -2.58. The third-order valence-electron chi connectivity index (χ3n) is 3.79. The number of rotatable bonds is 4. The van der Waals surface area contributed by atoms with Crippen molar-refractivity contribution in [3.05, 3.63) is 35.1 Å². The van der Waals surface area contributed by atoms with Crippen LogP contribution in [0.25, 0.3) is 0 Å². The molecule has 1 aromatic rings. The van der Waals surface area contributed by atoms with Crippen molar-refractivity contribution in [2.75, 3.05) is 26.7 Å². The van der Waals surface area contributed by atoms with Crippen LogP contribution in [0.3, 0.4) is 0 Å². The number of likely N-dealkylation sites (tertiary alicyclic amines) is 1. The fraction of sp³-hybridized carbons (Fsp3) is 0.571. The second-order valence-corrected chi connectivity index (χ2v) is 5.07. The van der Waals surface area contributed by atoms with E-state index in [0.29, 0.717) is 6.07 Å². The van der Waals surface area contributed by atoms with Gasteiger partial charge in [0.15, 0.2) is 11.6 Å². The minimum Gasteiger partial charge on any atom is -0.317 e. The zero-order valence-electron chi connectivity index (χ0n) is 11.2. The smallest absolute Gasteiger partial charge is 0.161 e. The van der Waals surface area contributed by atoms with Crippen molar-refractivity contribution < 1.29 is 13.2 Å². The molecule has 19 heavy (non-hydrogen) atoms. The highest BCUT2D eigenvalue weighted by atomic mass is 19.2. The van der Waals surface area contributed by atoms with Gasteiger partial charge in [0.25, 0.3) is 0 Å². The average Bonchev–Trinajstić information content (AvgIpc) is 2.73. The number of halogens is 3. The molecule has 0 aromatic heterocycles. The number of nitrogens with zero attached hydrogens (tertiary/aromatic N) is 1. The number of hydrogen-bond acceptors (Lipinski definition) is 2. The minimum atomic E-state index is -1.13. The number of nitrogens with one attached hydrogen (secondary N) is 1. The third-order valence-corrected chi connectivity index (χ3v) is 3.79. The first-order valence-electron chi connectivity index (χ1n) is 6.60. The lowest BCUT2D eigenvalue weighted by atomic mass is 9.93. The molecule has 2 rings (SSSR count). The maximum atomic E-state index is 13.9. The number of benzene rings is 1. The van der Waals surface area contributed by atoms with E-state index < -0.39 is 17.5 Å². The van der Waals surface area contributed by atoms with Gasteiger partial charge in [0.2, 0.25) is 0 Å². The molecule has 1 fully saturated rings. The van der Waals surface area contributed by atoms with Crippen LogP contribution in [0.2, 0.25) is 0 Å². The second kappa shape index (κ2) is 5.92. The van der Waals surface area contributed by atoms with Gasteiger partial charge in [-0.25, -0.2) is 13.2 Å². The SMILES string of the molecule is CCNCC1CCN(C)C1c1cc(F)c(F)cc1F. The van der Waals surface area contributed by atoms with Crippen LogP contribution in [-0.4, -0.2) is 31.6 Å². The van der Waals surface area contributed by atoms with E-state index in [1.54, 1.807) is 0 Å². The first-order chi connectivity index (χ1) is 9.04. The molecule has 0 spiro atoms. The predicted molar refractivity (Wildman–Crippen MR) is 68.3 cm³/mol. The molecular weight excluding hydrogens is 253 g/mol. The van der Waals surface area contributed by atoms with Gasteiger partial charge < -0.3 is 5.32 Å². The Bertz CT molecular complexity index is 451. The lowest BCUT2D eigenvalue weighted by molar-refractivity contribution is 0.264. The summed E-state index contributed by atoms with van der Waals surface area (Å²) in [7, 11) is 1.89. The molecule has 0 saturated carbocycles. The Labute approximate surface area is 111 Å². The van der Waals surface area contributed by atoms with Crippen molar-refractivity contribution in [3.8, 4) is 0 Å². The highest BCUT2D eigenvalue weighted by molar-refractivity contribution is 5.25. The van der Waals surface area contributed by atoms with Crippen molar-refractivity contribution >= 4 is 0 Å². The van der Waals surface area contributed by atoms with Gasteiger partial charge in [-0.1, -0.05) is 6.92 Å². The van der Waals surface area contributed by atoms with Gasteiger partial charge in [-0.3, -0.25) is 4.90 Å². The van der Waals surface area contributed by atoms with Crippen LogP contribution in [0.15, 0.2) is 12.1 Å². The summed E-state index contributed by atoms with van der Waals surface area (Å²) in [6.07, 6.45) is 0.923. The van der Waals surface area contributed by atoms with Crippen LogP contribution in [0.4, 0.5) is 13.2 Å². The highest BCUT2D eigenvalue weighted by Gasteiger charge is 2.34. The fourth-order valence-electron chi connectivity index (χ4n) is 2.83. The second-order valence-electron chi connectivity index (χ2n) is 5.07. The Kier molecular flexibility index (Phi) is 4.47. The summed E-state index contributed by atoms with van der Waals surface area (Å²) in [5.41, 5.74) is 0.252. The van der Waals surface area contributed by atoms with E-state index in [4.69, 9.17) is 0 Å². The maximum absolute atomic E-state index is 13.9. The minimum absolute atomic E-state index is 0.200. The van der Waals surface area contributed by atoms with Crippen molar-refractivity contribution in [2.45, 2.75) is 19.4 Å².